The molecule has 0 saturated heterocycles. The monoisotopic (exact) mass is 1110 g/mol. The second-order valence-electron chi connectivity index (χ2n) is 24.1. The summed E-state index contributed by atoms with van der Waals surface area (Å²) in [5.74, 6) is -0.863. The number of hydrogen-bond acceptors (Lipinski definition) is 6. The van der Waals surface area contributed by atoms with Crippen molar-refractivity contribution in [2.45, 2.75) is 399 Å². The topological polar surface area (TPSA) is 78.9 Å². The molecular weight excluding hydrogens is 973 g/mol. The van der Waals surface area contributed by atoms with Gasteiger partial charge in [-0.2, -0.15) is 0 Å². The maximum absolute atomic E-state index is 12.9. The summed E-state index contributed by atoms with van der Waals surface area (Å²) < 4.78 is 17.0. The molecule has 0 aliphatic heterocycles. The third-order valence-corrected chi connectivity index (χ3v) is 16.1. The van der Waals surface area contributed by atoms with Gasteiger partial charge in [-0.1, -0.05) is 340 Å². The standard InChI is InChI=1S/C73H136O6/c1-4-7-10-13-16-19-22-25-27-29-31-33-34-35-36-37-38-40-41-43-45-48-51-54-57-60-63-66-72(75)78-69-70(68-77-71(74)65-62-59-56-53-50-47-24-21-18-15-12-9-6-3)79-73(76)67-64-61-58-55-52-49-46-44-42-39-32-30-28-26-23-20-17-14-11-8-5-2/h12,15,21,24,30,32,70H,4-11,13-14,16-20,22-23,25-29,31,33-69H2,1-3H3/b15-12-,24-21-,32-30-. The summed E-state index contributed by atoms with van der Waals surface area (Å²) >= 11 is 0. The number of rotatable bonds is 66. The van der Waals surface area contributed by atoms with E-state index in [9.17, 15) is 14.4 Å². The lowest BCUT2D eigenvalue weighted by Gasteiger charge is -2.18. The SMILES string of the molecule is CCC/C=C\C/C=C\CCCCCCCC(=O)OCC(COC(=O)CCCCCCCCCCCCCCCCCCCCCCCCCCCCC)OC(=O)CCCCCCCCCCC/C=C\CCCCCCCCCC. The number of allylic oxidation sites excluding steroid dienone is 6. The van der Waals surface area contributed by atoms with Gasteiger partial charge in [0.15, 0.2) is 6.10 Å². The molecule has 464 valence electrons. The van der Waals surface area contributed by atoms with Crippen LogP contribution in [0.4, 0.5) is 0 Å². The van der Waals surface area contributed by atoms with Crippen molar-refractivity contribution in [3.8, 4) is 0 Å². The largest absolute Gasteiger partial charge is 0.462 e. The van der Waals surface area contributed by atoms with Crippen molar-refractivity contribution in [2.75, 3.05) is 13.2 Å². The smallest absolute Gasteiger partial charge is 0.306 e. The van der Waals surface area contributed by atoms with Crippen LogP contribution in [0, 0.1) is 0 Å². The molecule has 0 aliphatic rings. The van der Waals surface area contributed by atoms with Crippen LogP contribution in [0.2, 0.25) is 0 Å². The maximum Gasteiger partial charge on any atom is 0.306 e. The van der Waals surface area contributed by atoms with Gasteiger partial charge in [0.1, 0.15) is 13.2 Å². The molecule has 0 bridgehead atoms. The van der Waals surface area contributed by atoms with E-state index >= 15 is 0 Å². The van der Waals surface area contributed by atoms with Crippen molar-refractivity contribution in [3.63, 3.8) is 0 Å². The fraction of sp³-hybridized carbons (Fsp3) is 0.877. The van der Waals surface area contributed by atoms with Crippen molar-refractivity contribution in [2.24, 2.45) is 0 Å². The summed E-state index contributed by atoms with van der Waals surface area (Å²) in [5.41, 5.74) is 0. The molecule has 0 amide bonds. The van der Waals surface area contributed by atoms with Crippen LogP contribution in [0.3, 0.4) is 0 Å². The van der Waals surface area contributed by atoms with E-state index in [-0.39, 0.29) is 31.1 Å². The van der Waals surface area contributed by atoms with Gasteiger partial charge in [0.2, 0.25) is 0 Å². The second-order valence-corrected chi connectivity index (χ2v) is 24.1. The van der Waals surface area contributed by atoms with Gasteiger partial charge >= 0.3 is 17.9 Å². The third-order valence-electron chi connectivity index (χ3n) is 16.1. The second kappa shape index (κ2) is 68.1. The predicted octanol–water partition coefficient (Wildman–Crippen LogP) is 24.3. The number of unbranched alkanes of at least 4 members (excludes halogenated alkanes) is 49. The highest BCUT2D eigenvalue weighted by Crippen LogP contribution is 2.19. The molecule has 0 aromatic heterocycles. The average Bonchev–Trinajstić information content (AvgIpc) is 3.45. The molecule has 0 rings (SSSR count). The van der Waals surface area contributed by atoms with E-state index in [0.717, 1.165) is 83.5 Å². The van der Waals surface area contributed by atoms with Crippen LogP contribution < -0.4 is 0 Å². The Morgan fingerprint density at radius 2 is 0.481 bits per heavy atom. The summed E-state index contributed by atoms with van der Waals surface area (Å²) in [6, 6.07) is 0. The number of hydrogen-bond donors (Lipinski definition) is 0. The first-order chi connectivity index (χ1) is 39.0. The first kappa shape index (κ1) is 76.6. The Bertz CT molecular complexity index is 1320. The normalized spacial score (nSPS) is 12.2. The number of ether oxygens (including phenoxy) is 3. The molecule has 0 saturated carbocycles. The highest BCUT2D eigenvalue weighted by molar-refractivity contribution is 5.71. The van der Waals surface area contributed by atoms with E-state index < -0.39 is 6.10 Å². The van der Waals surface area contributed by atoms with Gasteiger partial charge in [-0.25, -0.2) is 0 Å². The molecule has 0 radical (unpaired) electrons. The van der Waals surface area contributed by atoms with Crippen LogP contribution in [0.15, 0.2) is 36.5 Å². The van der Waals surface area contributed by atoms with Gasteiger partial charge in [0, 0.05) is 19.3 Å². The molecular formula is C73H136O6. The Labute approximate surface area is 493 Å². The molecule has 1 unspecified atom stereocenters. The van der Waals surface area contributed by atoms with Crippen molar-refractivity contribution in [1.29, 1.82) is 0 Å². The lowest BCUT2D eigenvalue weighted by Crippen LogP contribution is -2.30. The zero-order valence-corrected chi connectivity index (χ0v) is 53.4. The lowest BCUT2D eigenvalue weighted by atomic mass is 10.0. The van der Waals surface area contributed by atoms with Crippen LogP contribution in [-0.4, -0.2) is 37.2 Å². The fourth-order valence-corrected chi connectivity index (χ4v) is 10.8. The van der Waals surface area contributed by atoms with Crippen LogP contribution >= 0.6 is 0 Å². The Kier molecular flexibility index (Phi) is 66.1. The first-order valence-electron chi connectivity index (χ1n) is 35.5. The minimum atomic E-state index is -0.778. The minimum absolute atomic E-state index is 0.0730. The summed E-state index contributed by atoms with van der Waals surface area (Å²) in [7, 11) is 0. The zero-order chi connectivity index (χ0) is 57.1. The van der Waals surface area contributed by atoms with Crippen molar-refractivity contribution in [1.82, 2.24) is 0 Å². The molecule has 0 aromatic rings. The Morgan fingerprint density at radius 1 is 0.253 bits per heavy atom. The molecule has 0 heterocycles. The first-order valence-corrected chi connectivity index (χ1v) is 35.5. The summed E-state index contributed by atoms with van der Waals surface area (Å²) in [6.07, 6.45) is 84.7. The highest BCUT2D eigenvalue weighted by atomic mass is 16.6. The van der Waals surface area contributed by atoms with Crippen LogP contribution in [-0.2, 0) is 28.6 Å². The summed E-state index contributed by atoms with van der Waals surface area (Å²) in [6.45, 7) is 6.64. The van der Waals surface area contributed by atoms with Gasteiger partial charge in [-0.05, 0) is 70.6 Å². The van der Waals surface area contributed by atoms with E-state index in [2.05, 4.69) is 57.2 Å². The van der Waals surface area contributed by atoms with Crippen LogP contribution in [0.1, 0.15) is 393 Å². The van der Waals surface area contributed by atoms with E-state index in [4.69, 9.17) is 14.2 Å². The zero-order valence-electron chi connectivity index (χ0n) is 53.4. The molecule has 0 spiro atoms. The van der Waals surface area contributed by atoms with E-state index in [1.165, 1.54) is 270 Å². The summed E-state index contributed by atoms with van der Waals surface area (Å²) in [4.78, 5) is 38.4. The van der Waals surface area contributed by atoms with Gasteiger partial charge in [-0.15, -0.1) is 0 Å². The summed E-state index contributed by atoms with van der Waals surface area (Å²) in [5, 5.41) is 0. The molecule has 6 heteroatoms. The fourth-order valence-electron chi connectivity index (χ4n) is 10.8. The maximum atomic E-state index is 12.9. The van der Waals surface area contributed by atoms with E-state index in [1.807, 2.05) is 0 Å². The minimum Gasteiger partial charge on any atom is -0.462 e. The highest BCUT2D eigenvalue weighted by Gasteiger charge is 2.19. The van der Waals surface area contributed by atoms with Crippen molar-refractivity contribution < 1.29 is 28.6 Å². The molecule has 0 N–H and O–H groups in total. The van der Waals surface area contributed by atoms with Crippen LogP contribution in [0.25, 0.3) is 0 Å². The van der Waals surface area contributed by atoms with Gasteiger partial charge in [0.05, 0.1) is 0 Å². The number of carbonyl (C=O) groups excluding carboxylic acids is 3. The van der Waals surface area contributed by atoms with Gasteiger partial charge in [-0.3, -0.25) is 14.4 Å². The van der Waals surface area contributed by atoms with Crippen LogP contribution in [0.5, 0.6) is 0 Å². The third kappa shape index (κ3) is 66.3. The molecule has 0 fully saturated rings. The molecule has 0 aromatic carbocycles. The Morgan fingerprint density at radius 3 is 0.759 bits per heavy atom. The van der Waals surface area contributed by atoms with E-state index in [1.54, 1.807) is 0 Å². The lowest BCUT2D eigenvalue weighted by molar-refractivity contribution is -0.167. The Balaban J connectivity index is 4.21. The van der Waals surface area contributed by atoms with Crippen molar-refractivity contribution in [3.05, 3.63) is 36.5 Å². The Hall–Kier alpha value is -2.37. The molecule has 1 atom stereocenters. The molecule has 6 nitrogen and oxygen atoms in total. The van der Waals surface area contributed by atoms with Gasteiger partial charge < -0.3 is 14.2 Å². The number of esters is 3. The van der Waals surface area contributed by atoms with E-state index in [0.29, 0.717) is 19.3 Å². The quantitative estimate of drug-likeness (QED) is 0.0261. The average molecular weight is 1110 g/mol. The predicted molar refractivity (Wildman–Crippen MR) is 344 cm³/mol. The van der Waals surface area contributed by atoms with Gasteiger partial charge in [0.25, 0.3) is 0 Å². The van der Waals surface area contributed by atoms with Crippen molar-refractivity contribution >= 4 is 17.9 Å². The number of carbonyl (C=O) groups is 3. The molecule has 79 heavy (non-hydrogen) atoms. The molecule has 0 aliphatic carbocycles.